The molecule has 2 aromatic rings. The van der Waals surface area contributed by atoms with Crippen LogP contribution in [0.1, 0.15) is 0 Å². The van der Waals surface area contributed by atoms with E-state index in [0.29, 0.717) is 4.47 Å². The Morgan fingerprint density at radius 1 is 1.00 bits per heavy atom. The third-order valence-electron chi connectivity index (χ3n) is 2.26. The molecule has 0 aromatic heterocycles. The van der Waals surface area contributed by atoms with Gasteiger partial charge in [0.05, 0.1) is 5.02 Å². The van der Waals surface area contributed by atoms with E-state index in [1.165, 1.54) is 24.3 Å². The van der Waals surface area contributed by atoms with Crippen LogP contribution in [0.15, 0.2) is 34.8 Å². The molecule has 5 heteroatoms. The smallest absolute Gasteiger partial charge is 0.145 e. The molecule has 1 N–H and O–H groups in total. The van der Waals surface area contributed by atoms with Crippen LogP contribution in [0.3, 0.4) is 0 Å². The minimum Gasteiger partial charge on any atom is -0.507 e. The second kappa shape index (κ2) is 4.63. The Kier molecular flexibility index (Phi) is 3.35. The van der Waals surface area contributed by atoms with E-state index in [4.69, 9.17) is 11.6 Å². The molecule has 17 heavy (non-hydrogen) atoms. The van der Waals surface area contributed by atoms with E-state index in [1.807, 2.05) is 0 Å². The van der Waals surface area contributed by atoms with Crippen LogP contribution in [0.2, 0.25) is 5.02 Å². The lowest BCUT2D eigenvalue weighted by Crippen LogP contribution is -1.87. The summed E-state index contributed by atoms with van der Waals surface area (Å²) in [4.78, 5) is 0. The van der Waals surface area contributed by atoms with Crippen molar-refractivity contribution in [1.82, 2.24) is 0 Å². The Labute approximate surface area is 110 Å². The van der Waals surface area contributed by atoms with Crippen molar-refractivity contribution in [2.75, 3.05) is 0 Å². The second-order valence-electron chi connectivity index (χ2n) is 3.41. The Morgan fingerprint density at radius 3 is 2.41 bits per heavy atom. The van der Waals surface area contributed by atoms with Gasteiger partial charge in [0.15, 0.2) is 0 Å². The molecule has 0 amide bonds. The predicted molar refractivity (Wildman–Crippen MR) is 66.2 cm³/mol. The van der Waals surface area contributed by atoms with Crippen LogP contribution >= 0.6 is 27.5 Å². The van der Waals surface area contributed by atoms with Gasteiger partial charge in [-0.1, -0.05) is 27.5 Å². The Bertz CT molecular complexity index is 587. The van der Waals surface area contributed by atoms with Gasteiger partial charge in [0.1, 0.15) is 17.4 Å². The second-order valence-corrected chi connectivity index (χ2v) is 4.73. The average molecular weight is 320 g/mol. The zero-order chi connectivity index (χ0) is 12.6. The maximum atomic E-state index is 13.6. The summed E-state index contributed by atoms with van der Waals surface area (Å²) in [6.07, 6.45) is 0. The maximum Gasteiger partial charge on any atom is 0.145 e. The van der Waals surface area contributed by atoms with Crippen molar-refractivity contribution in [1.29, 1.82) is 0 Å². The van der Waals surface area contributed by atoms with Gasteiger partial charge in [-0.15, -0.1) is 0 Å². The van der Waals surface area contributed by atoms with E-state index < -0.39 is 11.6 Å². The fourth-order valence-electron chi connectivity index (χ4n) is 1.46. The molecule has 0 aliphatic rings. The number of phenols is 1. The summed E-state index contributed by atoms with van der Waals surface area (Å²) >= 11 is 8.80. The molecule has 0 fully saturated rings. The van der Waals surface area contributed by atoms with Crippen LogP contribution in [0.25, 0.3) is 11.1 Å². The molecule has 2 aromatic carbocycles. The molecule has 88 valence electrons. The summed E-state index contributed by atoms with van der Waals surface area (Å²) in [5.74, 6) is -1.63. The van der Waals surface area contributed by atoms with Gasteiger partial charge >= 0.3 is 0 Å². The van der Waals surface area contributed by atoms with Gasteiger partial charge in [0, 0.05) is 21.7 Å². The van der Waals surface area contributed by atoms with Crippen molar-refractivity contribution in [3.05, 3.63) is 51.5 Å². The summed E-state index contributed by atoms with van der Waals surface area (Å²) in [7, 11) is 0. The lowest BCUT2D eigenvalue weighted by atomic mass is 10.0. The van der Waals surface area contributed by atoms with Gasteiger partial charge in [0.2, 0.25) is 0 Å². The molecule has 0 unspecified atom stereocenters. The number of aromatic hydroxyl groups is 1. The van der Waals surface area contributed by atoms with E-state index >= 15 is 0 Å². The molecule has 0 radical (unpaired) electrons. The number of hydrogen-bond donors (Lipinski definition) is 1. The first-order valence-corrected chi connectivity index (χ1v) is 5.79. The van der Waals surface area contributed by atoms with E-state index in [-0.39, 0.29) is 21.9 Å². The maximum absolute atomic E-state index is 13.6. The van der Waals surface area contributed by atoms with Crippen LogP contribution in [0.5, 0.6) is 5.75 Å². The number of rotatable bonds is 1. The first-order chi connectivity index (χ1) is 7.99. The number of benzene rings is 2. The van der Waals surface area contributed by atoms with Crippen LogP contribution in [-0.2, 0) is 0 Å². The van der Waals surface area contributed by atoms with Crippen LogP contribution < -0.4 is 0 Å². The fourth-order valence-corrected chi connectivity index (χ4v) is 1.98. The van der Waals surface area contributed by atoms with E-state index in [1.54, 1.807) is 0 Å². The van der Waals surface area contributed by atoms with Gasteiger partial charge in [-0.25, -0.2) is 8.78 Å². The first kappa shape index (κ1) is 12.3. The normalized spacial score (nSPS) is 10.6. The Hall–Kier alpha value is -1.13. The molecule has 0 spiro atoms. The Balaban J connectivity index is 2.68. The van der Waals surface area contributed by atoms with E-state index in [0.717, 1.165) is 6.07 Å². The summed E-state index contributed by atoms with van der Waals surface area (Å²) in [5, 5.41) is 9.43. The quantitative estimate of drug-likeness (QED) is 0.804. The van der Waals surface area contributed by atoms with E-state index in [9.17, 15) is 13.9 Å². The molecule has 0 atom stereocenters. The van der Waals surface area contributed by atoms with E-state index in [2.05, 4.69) is 15.9 Å². The molecule has 2 rings (SSSR count). The molecular formula is C12H6BrClF2O. The van der Waals surface area contributed by atoms with Crippen molar-refractivity contribution >= 4 is 27.5 Å². The highest BCUT2D eigenvalue weighted by atomic mass is 79.9. The molecular weight excluding hydrogens is 313 g/mol. The SMILES string of the molecule is Oc1cc(F)c(Cl)cc1-c1cc(Br)ccc1F. The summed E-state index contributed by atoms with van der Waals surface area (Å²) < 4.78 is 27.3. The topological polar surface area (TPSA) is 20.2 Å². The fraction of sp³-hybridized carbons (Fsp3) is 0. The van der Waals surface area contributed by atoms with Crippen LogP contribution in [0.4, 0.5) is 8.78 Å². The summed E-state index contributed by atoms with van der Waals surface area (Å²) in [6.45, 7) is 0. The van der Waals surface area contributed by atoms with Gasteiger partial charge in [-0.2, -0.15) is 0 Å². The van der Waals surface area contributed by atoms with Gasteiger partial charge in [0.25, 0.3) is 0 Å². The highest BCUT2D eigenvalue weighted by molar-refractivity contribution is 9.10. The van der Waals surface area contributed by atoms with Gasteiger partial charge in [-0.3, -0.25) is 0 Å². The summed E-state index contributed by atoms with van der Waals surface area (Å²) in [5.41, 5.74) is 0.300. The molecule has 0 saturated carbocycles. The van der Waals surface area contributed by atoms with Gasteiger partial charge < -0.3 is 5.11 Å². The molecule has 1 nitrogen and oxygen atoms in total. The van der Waals surface area contributed by atoms with Crippen LogP contribution in [0, 0.1) is 11.6 Å². The zero-order valence-corrected chi connectivity index (χ0v) is 10.7. The number of halogens is 4. The highest BCUT2D eigenvalue weighted by Crippen LogP contribution is 2.36. The molecule has 0 bridgehead atoms. The third kappa shape index (κ3) is 2.42. The van der Waals surface area contributed by atoms with Crippen molar-refractivity contribution in [2.45, 2.75) is 0 Å². The van der Waals surface area contributed by atoms with Crippen molar-refractivity contribution in [3.63, 3.8) is 0 Å². The number of hydrogen-bond acceptors (Lipinski definition) is 1. The number of phenolic OH excluding ortho intramolecular Hbond substituents is 1. The molecule has 0 saturated heterocycles. The monoisotopic (exact) mass is 318 g/mol. The Morgan fingerprint density at radius 2 is 1.71 bits per heavy atom. The lowest BCUT2D eigenvalue weighted by molar-refractivity contribution is 0.470. The average Bonchev–Trinajstić information content (AvgIpc) is 2.27. The van der Waals surface area contributed by atoms with Crippen molar-refractivity contribution in [2.24, 2.45) is 0 Å². The molecule has 0 aliphatic carbocycles. The third-order valence-corrected chi connectivity index (χ3v) is 3.04. The first-order valence-electron chi connectivity index (χ1n) is 4.62. The standard InChI is InChI=1S/C12H6BrClF2O/c13-6-1-2-10(15)7(3-6)8-4-9(14)11(16)5-12(8)17/h1-5,17H. The minimum atomic E-state index is -0.747. The van der Waals surface area contributed by atoms with Gasteiger partial charge in [-0.05, 0) is 24.3 Å². The zero-order valence-electron chi connectivity index (χ0n) is 8.35. The highest BCUT2D eigenvalue weighted by Gasteiger charge is 2.13. The van der Waals surface area contributed by atoms with Crippen LogP contribution in [-0.4, -0.2) is 5.11 Å². The molecule has 0 aliphatic heterocycles. The minimum absolute atomic E-state index is 0.148. The predicted octanol–water partition coefficient (Wildman–Crippen LogP) is 4.75. The largest absolute Gasteiger partial charge is 0.507 e. The summed E-state index contributed by atoms with van der Waals surface area (Å²) in [6, 6.07) is 6.31. The lowest BCUT2D eigenvalue weighted by Gasteiger charge is -2.08. The van der Waals surface area contributed by atoms with Crippen molar-refractivity contribution in [3.8, 4) is 16.9 Å². The van der Waals surface area contributed by atoms with Crippen molar-refractivity contribution < 1.29 is 13.9 Å². The molecule has 0 heterocycles.